The van der Waals surface area contributed by atoms with E-state index in [-0.39, 0.29) is 0 Å². The number of piperazine rings is 1. The molecule has 1 saturated heterocycles. The molecule has 0 radical (unpaired) electrons. The highest BCUT2D eigenvalue weighted by atomic mass is 35.5. The average molecular weight is 373 g/mol. The van der Waals surface area contributed by atoms with Gasteiger partial charge in [-0.15, -0.1) is 10.2 Å². The zero-order valence-electron chi connectivity index (χ0n) is 13.5. The van der Waals surface area contributed by atoms with Crippen molar-refractivity contribution in [3.8, 4) is 16.3 Å². The lowest BCUT2D eigenvalue weighted by atomic mass is 10.2. The predicted octanol–water partition coefficient (Wildman–Crippen LogP) is 3.89. The minimum atomic E-state index is 0.327. The maximum absolute atomic E-state index is 10.0. The Morgan fingerprint density at radius 3 is 2.32 bits per heavy atom. The van der Waals surface area contributed by atoms with Crippen LogP contribution in [0.2, 0.25) is 5.02 Å². The minimum Gasteiger partial charge on any atom is -0.506 e. The van der Waals surface area contributed by atoms with Gasteiger partial charge in [0, 0.05) is 31.7 Å². The molecular weight excluding hydrogens is 356 g/mol. The Morgan fingerprint density at radius 2 is 1.56 bits per heavy atom. The van der Waals surface area contributed by atoms with Crippen LogP contribution in [-0.2, 0) is 0 Å². The van der Waals surface area contributed by atoms with Crippen molar-refractivity contribution in [3.63, 3.8) is 0 Å². The molecule has 5 nitrogen and oxygen atoms in total. The maximum atomic E-state index is 10.0. The van der Waals surface area contributed by atoms with Crippen LogP contribution in [0.4, 0.5) is 10.8 Å². The van der Waals surface area contributed by atoms with Crippen LogP contribution in [-0.4, -0.2) is 41.5 Å². The standard InChI is InChI=1S/C18H17ClN4OS/c19-14-6-2-1-5-13(14)17-20-21-18(25-17)23-11-9-22(10-12-23)15-7-3-4-8-16(15)24/h1-8,24H,9-12H2. The fourth-order valence-electron chi connectivity index (χ4n) is 2.96. The molecule has 0 unspecified atom stereocenters. The van der Waals surface area contributed by atoms with Gasteiger partial charge in [-0.1, -0.05) is 53.3 Å². The molecular formula is C18H17ClN4OS. The van der Waals surface area contributed by atoms with Gasteiger partial charge < -0.3 is 14.9 Å². The van der Waals surface area contributed by atoms with Crippen LogP contribution in [0.15, 0.2) is 48.5 Å². The van der Waals surface area contributed by atoms with Crippen molar-refractivity contribution < 1.29 is 5.11 Å². The summed E-state index contributed by atoms with van der Waals surface area (Å²) >= 11 is 7.81. The van der Waals surface area contributed by atoms with Crippen molar-refractivity contribution >= 4 is 33.8 Å². The molecule has 1 N–H and O–H groups in total. The van der Waals surface area contributed by atoms with E-state index in [1.165, 1.54) is 0 Å². The number of nitrogens with zero attached hydrogens (tertiary/aromatic N) is 4. The highest BCUT2D eigenvalue weighted by Crippen LogP contribution is 2.34. The van der Waals surface area contributed by atoms with Crippen molar-refractivity contribution in [1.82, 2.24) is 10.2 Å². The Labute approximate surface area is 155 Å². The molecule has 1 aromatic heterocycles. The van der Waals surface area contributed by atoms with E-state index in [1.54, 1.807) is 17.4 Å². The van der Waals surface area contributed by atoms with E-state index >= 15 is 0 Å². The number of para-hydroxylation sites is 2. The van der Waals surface area contributed by atoms with Gasteiger partial charge in [0.2, 0.25) is 5.13 Å². The largest absolute Gasteiger partial charge is 0.506 e. The lowest BCUT2D eigenvalue weighted by Crippen LogP contribution is -2.46. The number of aromatic hydroxyl groups is 1. The number of hydrogen-bond acceptors (Lipinski definition) is 6. The van der Waals surface area contributed by atoms with E-state index in [0.29, 0.717) is 10.8 Å². The highest BCUT2D eigenvalue weighted by molar-refractivity contribution is 7.18. The predicted molar refractivity (Wildman–Crippen MR) is 103 cm³/mol. The molecule has 4 rings (SSSR count). The van der Waals surface area contributed by atoms with Gasteiger partial charge in [0.1, 0.15) is 5.75 Å². The van der Waals surface area contributed by atoms with Gasteiger partial charge in [-0.05, 0) is 18.2 Å². The summed E-state index contributed by atoms with van der Waals surface area (Å²) in [6.45, 7) is 3.34. The smallest absolute Gasteiger partial charge is 0.208 e. The summed E-state index contributed by atoms with van der Waals surface area (Å²) < 4.78 is 0. The molecule has 0 aliphatic carbocycles. The number of rotatable bonds is 3. The quantitative estimate of drug-likeness (QED) is 0.755. The molecule has 2 heterocycles. The number of aromatic nitrogens is 2. The zero-order valence-corrected chi connectivity index (χ0v) is 15.0. The summed E-state index contributed by atoms with van der Waals surface area (Å²) in [6, 6.07) is 15.1. The van der Waals surface area contributed by atoms with Crippen LogP contribution in [0.25, 0.3) is 10.6 Å². The van der Waals surface area contributed by atoms with Crippen molar-refractivity contribution in [2.45, 2.75) is 0 Å². The summed E-state index contributed by atoms with van der Waals surface area (Å²) in [6.07, 6.45) is 0. The summed E-state index contributed by atoms with van der Waals surface area (Å²) in [5.74, 6) is 0.327. The normalized spacial score (nSPS) is 14.8. The third-order valence-corrected chi connectivity index (χ3v) is 5.64. The second-order valence-electron chi connectivity index (χ2n) is 5.83. The number of benzene rings is 2. The monoisotopic (exact) mass is 372 g/mol. The first kappa shape index (κ1) is 16.2. The second-order valence-corrected chi connectivity index (χ2v) is 7.20. The van der Waals surface area contributed by atoms with Gasteiger partial charge in [0.15, 0.2) is 5.01 Å². The Bertz CT molecular complexity index is 877. The number of halogens is 1. The molecule has 0 saturated carbocycles. The molecule has 7 heteroatoms. The second kappa shape index (κ2) is 6.90. The lowest BCUT2D eigenvalue weighted by molar-refractivity contribution is 0.472. The first-order valence-electron chi connectivity index (χ1n) is 8.08. The summed E-state index contributed by atoms with van der Waals surface area (Å²) in [5.41, 5.74) is 1.80. The number of anilines is 2. The molecule has 1 fully saturated rings. The fourth-order valence-corrected chi connectivity index (χ4v) is 4.17. The van der Waals surface area contributed by atoms with Crippen LogP contribution in [0.3, 0.4) is 0 Å². The van der Waals surface area contributed by atoms with Gasteiger partial charge in [-0.25, -0.2) is 0 Å². The summed E-state index contributed by atoms with van der Waals surface area (Å²) in [7, 11) is 0. The first-order chi connectivity index (χ1) is 12.2. The van der Waals surface area contributed by atoms with E-state index in [2.05, 4.69) is 20.0 Å². The molecule has 0 bridgehead atoms. The molecule has 1 aliphatic rings. The van der Waals surface area contributed by atoms with Crippen molar-refractivity contribution in [3.05, 3.63) is 53.6 Å². The fraction of sp³-hybridized carbons (Fsp3) is 0.222. The molecule has 0 atom stereocenters. The van der Waals surface area contributed by atoms with Gasteiger partial charge >= 0.3 is 0 Å². The Kier molecular flexibility index (Phi) is 4.46. The lowest BCUT2D eigenvalue weighted by Gasteiger charge is -2.35. The molecule has 25 heavy (non-hydrogen) atoms. The number of phenols is 1. The average Bonchev–Trinajstić information content (AvgIpc) is 3.13. The first-order valence-corrected chi connectivity index (χ1v) is 9.28. The molecule has 3 aromatic rings. The molecule has 0 spiro atoms. The zero-order chi connectivity index (χ0) is 17.2. The topological polar surface area (TPSA) is 52.5 Å². The minimum absolute atomic E-state index is 0.327. The highest BCUT2D eigenvalue weighted by Gasteiger charge is 2.22. The van der Waals surface area contributed by atoms with Crippen molar-refractivity contribution in [2.75, 3.05) is 36.0 Å². The molecule has 128 valence electrons. The third kappa shape index (κ3) is 3.27. The summed E-state index contributed by atoms with van der Waals surface area (Å²) in [5, 5.41) is 21.1. The van der Waals surface area contributed by atoms with Crippen molar-refractivity contribution in [2.24, 2.45) is 0 Å². The number of hydrogen-bond donors (Lipinski definition) is 1. The van der Waals surface area contributed by atoms with Crippen LogP contribution in [0, 0.1) is 0 Å². The van der Waals surface area contributed by atoms with Crippen LogP contribution < -0.4 is 9.80 Å². The van der Waals surface area contributed by atoms with Crippen molar-refractivity contribution in [1.29, 1.82) is 0 Å². The SMILES string of the molecule is Oc1ccccc1N1CCN(c2nnc(-c3ccccc3Cl)s2)CC1. The van der Waals surface area contributed by atoms with Gasteiger partial charge in [0.25, 0.3) is 0 Å². The molecule has 1 aliphatic heterocycles. The van der Waals surface area contributed by atoms with E-state index in [9.17, 15) is 5.11 Å². The third-order valence-electron chi connectivity index (χ3n) is 4.29. The molecule has 0 amide bonds. The van der Waals surface area contributed by atoms with Crippen LogP contribution >= 0.6 is 22.9 Å². The van der Waals surface area contributed by atoms with Gasteiger partial charge in [-0.2, -0.15) is 0 Å². The van der Waals surface area contributed by atoms with Gasteiger partial charge in [-0.3, -0.25) is 0 Å². The summed E-state index contributed by atoms with van der Waals surface area (Å²) in [4.78, 5) is 4.43. The van der Waals surface area contributed by atoms with E-state index in [0.717, 1.165) is 47.6 Å². The van der Waals surface area contributed by atoms with Crippen LogP contribution in [0.5, 0.6) is 5.75 Å². The Morgan fingerprint density at radius 1 is 0.880 bits per heavy atom. The van der Waals surface area contributed by atoms with E-state index in [1.807, 2.05) is 42.5 Å². The number of phenolic OH excluding ortho intramolecular Hbond substituents is 1. The molecule has 2 aromatic carbocycles. The maximum Gasteiger partial charge on any atom is 0.208 e. The van der Waals surface area contributed by atoms with Crippen LogP contribution in [0.1, 0.15) is 0 Å². The van der Waals surface area contributed by atoms with Gasteiger partial charge in [0.05, 0.1) is 10.7 Å². The Hall–Kier alpha value is -2.31. The van der Waals surface area contributed by atoms with E-state index < -0.39 is 0 Å². The van der Waals surface area contributed by atoms with E-state index in [4.69, 9.17) is 11.6 Å². The Balaban J connectivity index is 1.47.